The lowest BCUT2D eigenvalue weighted by atomic mass is 10.2. The number of anilines is 3. The van der Waals surface area contributed by atoms with Crippen LogP contribution in [0.1, 0.15) is 32.1 Å². The largest absolute Gasteiger partial charge is 0.493 e. The zero-order valence-corrected chi connectivity index (χ0v) is 19.7. The lowest BCUT2D eigenvalue weighted by Gasteiger charge is -2.16. The molecule has 33 heavy (non-hydrogen) atoms. The number of ether oxygens (including phenoxy) is 2. The standard InChI is InChI=1S/C24H37N7O2/c1-32-21-8-7-20(19-22(21)33-18-6-15-30-13-2-3-14-30)28-24-26-12-9-23(29-24)25-10-4-16-31-17-5-11-27-31/h7-9,12,19,27H,2-6,10-11,13-18H2,1H3,(H2,25,26,28,29). The third-order valence-electron chi connectivity index (χ3n) is 6.00. The van der Waals surface area contributed by atoms with Crippen LogP contribution in [0, 0.1) is 0 Å². The number of rotatable bonds is 13. The molecule has 2 aliphatic heterocycles. The molecule has 0 atom stereocenters. The molecule has 1 aromatic heterocycles. The fourth-order valence-electron chi connectivity index (χ4n) is 4.25. The van der Waals surface area contributed by atoms with Crippen molar-refractivity contribution in [3.63, 3.8) is 0 Å². The monoisotopic (exact) mass is 455 g/mol. The van der Waals surface area contributed by atoms with Crippen LogP contribution in [0.3, 0.4) is 0 Å². The summed E-state index contributed by atoms with van der Waals surface area (Å²) < 4.78 is 11.5. The predicted octanol–water partition coefficient (Wildman–Crippen LogP) is 3.11. The Balaban J connectivity index is 1.26. The molecule has 0 radical (unpaired) electrons. The van der Waals surface area contributed by atoms with Gasteiger partial charge in [-0.25, -0.2) is 9.99 Å². The second-order valence-electron chi connectivity index (χ2n) is 8.54. The molecule has 2 aliphatic rings. The van der Waals surface area contributed by atoms with Crippen LogP contribution >= 0.6 is 0 Å². The lowest BCUT2D eigenvalue weighted by Crippen LogP contribution is -2.32. The van der Waals surface area contributed by atoms with Gasteiger partial charge in [0.15, 0.2) is 11.5 Å². The van der Waals surface area contributed by atoms with Crippen LogP contribution in [0.4, 0.5) is 17.5 Å². The molecule has 0 spiro atoms. The molecule has 3 N–H and O–H groups in total. The first-order valence-corrected chi connectivity index (χ1v) is 12.2. The van der Waals surface area contributed by atoms with E-state index in [4.69, 9.17) is 9.47 Å². The molecule has 9 heteroatoms. The SMILES string of the molecule is COc1ccc(Nc2nccc(NCCCN3CCCN3)n2)cc1OCCCN1CCCC1. The number of nitrogens with zero attached hydrogens (tertiary/aromatic N) is 4. The predicted molar refractivity (Wildman–Crippen MR) is 131 cm³/mol. The molecule has 0 amide bonds. The fraction of sp³-hybridized carbons (Fsp3) is 0.583. The molecule has 0 saturated carbocycles. The van der Waals surface area contributed by atoms with Crippen LogP contribution < -0.4 is 25.5 Å². The topological polar surface area (TPSA) is 86.8 Å². The molecule has 0 aliphatic carbocycles. The molecule has 2 aromatic rings. The first-order chi connectivity index (χ1) is 16.3. The molecule has 1 aromatic carbocycles. The summed E-state index contributed by atoms with van der Waals surface area (Å²) in [5.41, 5.74) is 4.25. The van der Waals surface area contributed by atoms with Crippen LogP contribution in [0.15, 0.2) is 30.5 Å². The first kappa shape index (κ1) is 23.5. The molecule has 0 unspecified atom stereocenters. The van der Waals surface area contributed by atoms with Gasteiger partial charge in [-0.15, -0.1) is 0 Å². The van der Waals surface area contributed by atoms with E-state index in [9.17, 15) is 0 Å². The molecule has 2 fully saturated rings. The van der Waals surface area contributed by atoms with Gasteiger partial charge in [-0.1, -0.05) is 0 Å². The Morgan fingerprint density at radius 1 is 1.03 bits per heavy atom. The van der Waals surface area contributed by atoms with Crippen molar-refractivity contribution >= 4 is 17.5 Å². The number of hydrogen-bond acceptors (Lipinski definition) is 9. The van der Waals surface area contributed by atoms with Gasteiger partial charge in [0.1, 0.15) is 5.82 Å². The van der Waals surface area contributed by atoms with Crippen LogP contribution in [0.25, 0.3) is 0 Å². The van der Waals surface area contributed by atoms with E-state index in [1.165, 1.54) is 32.4 Å². The van der Waals surface area contributed by atoms with Gasteiger partial charge in [0.25, 0.3) is 0 Å². The van der Waals surface area contributed by atoms with E-state index in [1.807, 2.05) is 24.3 Å². The quantitative estimate of drug-likeness (QED) is 0.394. The van der Waals surface area contributed by atoms with Crippen LogP contribution in [-0.2, 0) is 0 Å². The summed E-state index contributed by atoms with van der Waals surface area (Å²) in [6.07, 6.45) is 7.68. The van der Waals surface area contributed by atoms with Crippen LogP contribution in [0.2, 0.25) is 0 Å². The van der Waals surface area contributed by atoms with E-state index < -0.39 is 0 Å². The summed E-state index contributed by atoms with van der Waals surface area (Å²) in [4.78, 5) is 11.4. The summed E-state index contributed by atoms with van der Waals surface area (Å²) >= 11 is 0. The second-order valence-corrected chi connectivity index (χ2v) is 8.54. The zero-order valence-electron chi connectivity index (χ0n) is 19.7. The van der Waals surface area contributed by atoms with Crippen molar-refractivity contribution in [1.82, 2.24) is 25.3 Å². The lowest BCUT2D eigenvalue weighted by molar-refractivity contribution is 0.253. The third-order valence-corrected chi connectivity index (χ3v) is 6.00. The normalized spacial score (nSPS) is 16.8. The number of aromatic nitrogens is 2. The van der Waals surface area contributed by atoms with Crippen LogP contribution in [-0.4, -0.2) is 79.4 Å². The maximum atomic E-state index is 6.04. The summed E-state index contributed by atoms with van der Waals surface area (Å²) in [5.74, 6) is 2.82. The average molecular weight is 456 g/mol. The number of likely N-dealkylation sites (tertiary alicyclic amines) is 1. The van der Waals surface area contributed by atoms with Gasteiger partial charge in [0, 0.05) is 50.7 Å². The molecule has 2 saturated heterocycles. The first-order valence-electron chi connectivity index (χ1n) is 12.2. The van der Waals surface area contributed by atoms with Gasteiger partial charge in [-0.2, -0.15) is 4.98 Å². The van der Waals surface area contributed by atoms with Crippen molar-refractivity contribution in [3.8, 4) is 11.5 Å². The highest BCUT2D eigenvalue weighted by molar-refractivity contribution is 5.60. The van der Waals surface area contributed by atoms with E-state index in [0.717, 1.165) is 68.6 Å². The minimum absolute atomic E-state index is 0.548. The second kappa shape index (κ2) is 12.6. The van der Waals surface area contributed by atoms with Gasteiger partial charge in [0.2, 0.25) is 5.95 Å². The van der Waals surface area contributed by atoms with Gasteiger partial charge in [-0.05, 0) is 63.4 Å². The summed E-state index contributed by atoms with van der Waals surface area (Å²) in [6, 6.07) is 7.69. The zero-order chi connectivity index (χ0) is 22.7. The Kier molecular flexibility index (Phi) is 8.97. The summed E-state index contributed by atoms with van der Waals surface area (Å²) in [6.45, 7) is 8.31. The van der Waals surface area contributed by atoms with Crippen molar-refractivity contribution < 1.29 is 9.47 Å². The summed E-state index contributed by atoms with van der Waals surface area (Å²) in [7, 11) is 1.66. The Bertz CT molecular complexity index is 854. The minimum Gasteiger partial charge on any atom is -0.493 e. The highest BCUT2D eigenvalue weighted by Crippen LogP contribution is 2.31. The Morgan fingerprint density at radius 2 is 1.94 bits per heavy atom. The molecular weight excluding hydrogens is 418 g/mol. The fourth-order valence-corrected chi connectivity index (χ4v) is 4.25. The maximum Gasteiger partial charge on any atom is 0.229 e. The molecule has 3 heterocycles. The van der Waals surface area contributed by atoms with Crippen molar-refractivity contribution in [2.75, 3.05) is 70.2 Å². The van der Waals surface area contributed by atoms with Gasteiger partial charge >= 0.3 is 0 Å². The van der Waals surface area contributed by atoms with E-state index in [2.05, 4.69) is 35.9 Å². The van der Waals surface area contributed by atoms with Crippen molar-refractivity contribution in [2.45, 2.75) is 32.1 Å². The molecule has 9 nitrogen and oxygen atoms in total. The Hall–Kier alpha value is -2.62. The van der Waals surface area contributed by atoms with Gasteiger partial charge in [0.05, 0.1) is 13.7 Å². The number of nitrogens with one attached hydrogen (secondary N) is 3. The number of methoxy groups -OCH3 is 1. The summed E-state index contributed by atoms with van der Waals surface area (Å²) in [5, 5.41) is 8.95. The van der Waals surface area contributed by atoms with Crippen LogP contribution in [0.5, 0.6) is 11.5 Å². The average Bonchev–Trinajstić information content (AvgIpc) is 3.55. The van der Waals surface area contributed by atoms with Gasteiger partial charge < -0.3 is 25.0 Å². The highest BCUT2D eigenvalue weighted by atomic mass is 16.5. The van der Waals surface area contributed by atoms with Crippen molar-refractivity contribution in [3.05, 3.63) is 30.5 Å². The van der Waals surface area contributed by atoms with E-state index >= 15 is 0 Å². The van der Waals surface area contributed by atoms with E-state index in [-0.39, 0.29) is 0 Å². The van der Waals surface area contributed by atoms with E-state index in [1.54, 1.807) is 13.3 Å². The van der Waals surface area contributed by atoms with E-state index in [0.29, 0.717) is 12.6 Å². The highest BCUT2D eigenvalue weighted by Gasteiger charge is 2.12. The van der Waals surface area contributed by atoms with Gasteiger partial charge in [-0.3, -0.25) is 5.43 Å². The Morgan fingerprint density at radius 3 is 2.76 bits per heavy atom. The molecule has 4 rings (SSSR count). The molecular formula is C24H37N7O2. The minimum atomic E-state index is 0.548. The molecule has 180 valence electrons. The molecule has 0 bridgehead atoms. The number of hydrazine groups is 1. The number of hydrogen-bond donors (Lipinski definition) is 3. The smallest absolute Gasteiger partial charge is 0.229 e. The maximum absolute atomic E-state index is 6.04. The van der Waals surface area contributed by atoms with Crippen molar-refractivity contribution in [2.24, 2.45) is 0 Å². The Labute approximate surface area is 196 Å². The third kappa shape index (κ3) is 7.45. The number of benzene rings is 1. The van der Waals surface area contributed by atoms with Crippen molar-refractivity contribution in [1.29, 1.82) is 0 Å².